The Morgan fingerprint density at radius 3 is 2.53 bits per heavy atom. The third-order valence-electron chi connectivity index (χ3n) is 3.12. The Morgan fingerprint density at radius 2 is 2.00 bits per heavy atom. The first-order valence-corrected chi connectivity index (χ1v) is 6.13. The molecule has 0 bridgehead atoms. The predicted octanol–water partition coefficient (Wildman–Crippen LogP) is 2.29. The zero-order valence-electron chi connectivity index (χ0n) is 10.2. The highest BCUT2D eigenvalue weighted by Crippen LogP contribution is 2.21. The number of β-amino-alcohol motifs (C(OH)–C–C–N with tert-alkyl or cyclic N) is 1. The molecule has 0 spiro atoms. The van der Waals surface area contributed by atoms with Crippen molar-refractivity contribution in [1.82, 2.24) is 4.90 Å². The molecule has 0 saturated carbocycles. The van der Waals surface area contributed by atoms with Gasteiger partial charge >= 0.3 is 0 Å². The molecule has 0 aromatic carbocycles. The smallest absolute Gasteiger partial charge is 0.0670 e. The van der Waals surface area contributed by atoms with Crippen LogP contribution in [0.5, 0.6) is 0 Å². The van der Waals surface area contributed by atoms with Gasteiger partial charge in [0, 0.05) is 19.6 Å². The van der Waals surface area contributed by atoms with Crippen LogP contribution in [0, 0.1) is 11.8 Å². The Balaban J connectivity index is 2.27. The second-order valence-electron chi connectivity index (χ2n) is 5.18. The van der Waals surface area contributed by atoms with E-state index in [1.807, 2.05) is 6.08 Å². The third-order valence-corrected chi connectivity index (χ3v) is 3.12. The molecule has 1 heterocycles. The zero-order chi connectivity index (χ0) is 11.3. The number of aliphatic hydroxyl groups is 1. The minimum absolute atomic E-state index is 0.180. The Kier molecular flexibility index (Phi) is 5.34. The Labute approximate surface area is 94.0 Å². The van der Waals surface area contributed by atoms with Crippen molar-refractivity contribution in [3.63, 3.8) is 0 Å². The van der Waals surface area contributed by atoms with E-state index in [0.717, 1.165) is 44.3 Å². The van der Waals surface area contributed by atoms with Gasteiger partial charge in [-0.15, -0.1) is 6.58 Å². The fourth-order valence-electron chi connectivity index (χ4n) is 2.64. The minimum Gasteiger partial charge on any atom is -0.392 e. The summed E-state index contributed by atoms with van der Waals surface area (Å²) in [6.45, 7) is 11.4. The third kappa shape index (κ3) is 4.80. The van der Waals surface area contributed by atoms with Crippen LogP contribution < -0.4 is 0 Å². The molecule has 1 aliphatic heterocycles. The number of hydrogen-bond donors (Lipinski definition) is 1. The van der Waals surface area contributed by atoms with E-state index in [9.17, 15) is 5.11 Å². The van der Waals surface area contributed by atoms with Crippen molar-refractivity contribution in [3.8, 4) is 0 Å². The number of nitrogens with zero attached hydrogens (tertiary/aromatic N) is 1. The van der Waals surface area contributed by atoms with Crippen LogP contribution in [0.4, 0.5) is 0 Å². The molecular formula is C13H25NO. The standard InChI is InChI=1S/C13H25NO/c1-4-5-6-13(15)10-14-8-11(2)7-12(3)9-14/h4,11-13,15H,1,5-10H2,2-3H3. The molecule has 1 N–H and O–H groups in total. The number of hydrogen-bond acceptors (Lipinski definition) is 2. The van der Waals surface area contributed by atoms with Gasteiger partial charge in [-0.25, -0.2) is 0 Å². The summed E-state index contributed by atoms with van der Waals surface area (Å²) in [7, 11) is 0. The van der Waals surface area contributed by atoms with Gasteiger partial charge in [-0.3, -0.25) is 0 Å². The van der Waals surface area contributed by atoms with Crippen LogP contribution >= 0.6 is 0 Å². The molecule has 2 nitrogen and oxygen atoms in total. The topological polar surface area (TPSA) is 23.5 Å². The molecule has 88 valence electrons. The summed E-state index contributed by atoms with van der Waals surface area (Å²) in [6.07, 6.45) is 4.80. The molecule has 15 heavy (non-hydrogen) atoms. The maximum absolute atomic E-state index is 9.82. The zero-order valence-corrected chi connectivity index (χ0v) is 10.2. The second kappa shape index (κ2) is 6.29. The Bertz CT molecular complexity index is 183. The van der Waals surface area contributed by atoms with Crippen LogP contribution in [0.2, 0.25) is 0 Å². The molecule has 2 heteroatoms. The number of rotatable bonds is 5. The first-order chi connectivity index (χ1) is 7.11. The van der Waals surface area contributed by atoms with Gasteiger partial charge in [-0.05, 0) is 31.1 Å². The van der Waals surface area contributed by atoms with Crippen molar-refractivity contribution in [2.75, 3.05) is 19.6 Å². The molecule has 0 aromatic rings. The van der Waals surface area contributed by atoms with Gasteiger partial charge in [0.05, 0.1) is 6.10 Å². The average molecular weight is 211 g/mol. The quantitative estimate of drug-likeness (QED) is 0.705. The normalized spacial score (nSPS) is 30.1. The largest absolute Gasteiger partial charge is 0.392 e. The summed E-state index contributed by atoms with van der Waals surface area (Å²) in [5.41, 5.74) is 0. The van der Waals surface area contributed by atoms with E-state index >= 15 is 0 Å². The lowest BCUT2D eigenvalue weighted by Crippen LogP contribution is -2.42. The van der Waals surface area contributed by atoms with E-state index in [4.69, 9.17) is 0 Å². The lowest BCUT2D eigenvalue weighted by atomic mass is 9.91. The summed E-state index contributed by atoms with van der Waals surface area (Å²) >= 11 is 0. The highest BCUT2D eigenvalue weighted by Gasteiger charge is 2.22. The van der Waals surface area contributed by atoms with E-state index in [0.29, 0.717) is 0 Å². The molecule has 0 radical (unpaired) electrons. The molecule has 1 aliphatic rings. The Hall–Kier alpha value is -0.340. The van der Waals surface area contributed by atoms with Crippen molar-refractivity contribution in [3.05, 3.63) is 12.7 Å². The van der Waals surface area contributed by atoms with E-state index in [-0.39, 0.29) is 6.10 Å². The number of aliphatic hydroxyl groups excluding tert-OH is 1. The number of piperidine rings is 1. The van der Waals surface area contributed by atoms with Gasteiger partial charge in [0.15, 0.2) is 0 Å². The molecule has 3 atom stereocenters. The molecule has 0 aromatic heterocycles. The van der Waals surface area contributed by atoms with Crippen molar-refractivity contribution in [2.45, 2.75) is 39.2 Å². The van der Waals surface area contributed by atoms with E-state index in [1.54, 1.807) is 0 Å². The lowest BCUT2D eigenvalue weighted by Gasteiger charge is -2.36. The molecule has 1 rings (SSSR count). The minimum atomic E-state index is -0.180. The van der Waals surface area contributed by atoms with Crippen LogP contribution in [0.15, 0.2) is 12.7 Å². The highest BCUT2D eigenvalue weighted by molar-refractivity contribution is 4.77. The summed E-state index contributed by atoms with van der Waals surface area (Å²) < 4.78 is 0. The van der Waals surface area contributed by atoms with Gasteiger partial charge in [0.1, 0.15) is 0 Å². The number of allylic oxidation sites excluding steroid dienone is 1. The van der Waals surface area contributed by atoms with Gasteiger partial charge in [0.25, 0.3) is 0 Å². The van der Waals surface area contributed by atoms with Crippen LogP contribution in [0.25, 0.3) is 0 Å². The van der Waals surface area contributed by atoms with Gasteiger partial charge in [-0.1, -0.05) is 19.9 Å². The summed E-state index contributed by atoms with van der Waals surface area (Å²) in [6, 6.07) is 0. The number of likely N-dealkylation sites (tertiary alicyclic amines) is 1. The summed E-state index contributed by atoms with van der Waals surface area (Å²) in [5.74, 6) is 1.56. The molecule has 3 unspecified atom stereocenters. The fourth-order valence-corrected chi connectivity index (χ4v) is 2.64. The van der Waals surface area contributed by atoms with Gasteiger partial charge < -0.3 is 10.0 Å². The van der Waals surface area contributed by atoms with Crippen molar-refractivity contribution in [1.29, 1.82) is 0 Å². The lowest BCUT2D eigenvalue weighted by molar-refractivity contribution is 0.0664. The predicted molar refractivity (Wildman–Crippen MR) is 64.8 cm³/mol. The Morgan fingerprint density at radius 1 is 1.40 bits per heavy atom. The second-order valence-corrected chi connectivity index (χ2v) is 5.18. The van der Waals surface area contributed by atoms with Crippen molar-refractivity contribution in [2.24, 2.45) is 11.8 Å². The summed E-state index contributed by atoms with van der Waals surface area (Å²) in [4.78, 5) is 2.41. The van der Waals surface area contributed by atoms with Crippen LogP contribution in [0.1, 0.15) is 33.1 Å². The van der Waals surface area contributed by atoms with Crippen LogP contribution in [-0.2, 0) is 0 Å². The SMILES string of the molecule is C=CCCC(O)CN1CC(C)CC(C)C1. The van der Waals surface area contributed by atoms with Crippen molar-refractivity contribution >= 4 is 0 Å². The first kappa shape index (κ1) is 12.7. The molecule has 1 fully saturated rings. The van der Waals surface area contributed by atoms with E-state index in [1.165, 1.54) is 6.42 Å². The monoisotopic (exact) mass is 211 g/mol. The first-order valence-electron chi connectivity index (χ1n) is 6.13. The van der Waals surface area contributed by atoms with Gasteiger partial charge in [-0.2, -0.15) is 0 Å². The molecule has 0 aliphatic carbocycles. The summed E-state index contributed by atoms with van der Waals surface area (Å²) in [5, 5.41) is 9.82. The maximum Gasteiger partial charge on any atom is 0.0670 e. The molecule has 1 saturated heterocycles. The van der Waals surface area contributed by atoms with Crippen LogP contribution in [-0.4, -0.2) is 35.7 Å². The van der Waals surface area contributed by atoms with E-state index in [2.05, 4.69) is 25.3 Å². The van der Waals surface area contributed by atoms with E-state index < -0.39 is 0 Å². The molecule has 0 amide bonds. The van der Waals surface area contributed by atoms with Crippen molar-refractivity contribution < 1.29 is 5.11 Å². The average Bonchev–Trinajstić information content (AvgIpc) is 2.13. The molecular weight excluding hydrogens is 186 g/mol. The maximum atomic E-state index is 9.82. The fraction of sp³-hybridized carbons (Fsp3) is 0.846. The van der Waals surface area contributed by atoms with Gasteiger partial charge in [0.2, 0.25) is 0 Å². The highest BCUT2D eigenvalue weighted by atomic mass is 16.3. The van der Waals surface area contributed by atoms with Crippen LogP contribution in [0.3, 0.4) is 0 Å².